The summed E-state index contributed by atoms with van der Waals surface area (Å²) in [7, 11) is -4.85. The number of nitrogens with zero attached hydrogens (tertiary/aromatic N) is 9. The number of oxime groups is 2. The van der Waals surface area contributed by atoms with E-state index in [0.717, 1.165) is 46.9 Å². The van der Waals surface area contributed by atoms with Gasteiger partial charge >= 0.3 is 24.0 Å². The quantitative estimate of drug-likeness (QED) is 0.0385. The summed E-state index contributed by atoms with van der Waals surface area (Å²) >= 11 is 5.55. The highest BCUT2D eigenvalue weighted by Crippen LogP contribution is 2.42. The van der Waals surface area contributed by atoms with Gasteiger partial charge in [-0.25, -0.2) is 45.2 Å². The number of fused-ring (bicyclic) bond motifs is 1. The Morgan fingerprint density at radius 3 is 1.95 bits per heavy atom. The first-order valence-corrected chi connectivity index (χ1v) is 36.4. The molecule has 3 aliphatic heterocycles. The number of benzene rings is 5. The molecule has 6 heterocycles. The number of carbonyl (C=O) groups is 4. The number of rotatable bonds is 19. The number of aromatic nitrogens is 7. The number of ether oxygens (including phenoxy) is 5. The van der Waals surface area contributed by atoms with Gasteiger partial charge in [0.15, 0.2) is 26.9 Å². The van der Waals surface area contributed by atoms with Gasteiger partial charge in [0, 0.05) is 42.0 Å². The van der Waals surface area contributed by atoms with E-state index in [0.29, 0.717) is 86.4 Å². The predicted molar refractivity (Wildman–Crippen MR) is 380 cm³/mol. The molecular weight excluding hydrogens is 1380 g/mol. The van der Waals surface area contributed by atoms with Crippen molar-refractivity contribution in [2.24, 2.45) is 22.8 Å². The van der Waals surface area contributed by atoms with E-state index in [2.05, 4.69) is 68.6 Å². The molecule has 0 atom stereocenters. The molecule has 0 aliphatic carbocycles. The third-order valence-corrected chi connectivity index (χ3v) is 18.7. The number of aromatic hydroxyl groups is 1. The zero-order valence-corrected chi connectivity index (χ0v) is 61.0. The summed E-state index contributed by atoms with van der Waals surface area (Å²) in [5, 5.41) is 23.9. The number of aryl methyl sites for hydroxylation is 5. The molecule has 0 saturated carbocycles. The zero-order chi connectivity index (χ0) is 74.3. The number of anilines is 1. The molecule has 3 aliphatic rings. The van der Waals surface area contributed by atoms with Crippen LogP contribution in [0.1, 0.15) is 115 Å². The maximum Gasteiger partial charge on any atom is 0.356 e. The molecule has 0 bridgehead atoms. The Labute approximate surface area is 595 Å². The van der Waals surface area contributed by atoms with Crippen LogP contribution in [0.5, 0.6) is 23.5 Å². The van der Waals surface area contributed by atoms with Gasteiger partial charge in [0.25, 0.3) is 15.6 Å². The van der Waals surface area contributed by atoms with Crippen LogP contribution in [0.15, 0.2) is 140 Å². The number of sulfonamides is 1. The minimum absolute atomic E-state index is 0.0181. The maximum atomic E-state index is 13.5. The number of methoxy groups -OCH3 is 1. The molecule has 31 heteroatoms. The van der Waals surface area contributed by atoms with Crippen molar-refractivity contribution in [1.82, 2.24) is 38.8 Å². The van der Waals surface area contributed by atoms with Crippen molar-refractivity contribution in [1.29, 1.82) is 0 Å². The third-order valence-electron chi connectivity index (χ3n) is 16.0. The highest BCUT2D eigenvalue weighted by molar-refractivity contribution is 7.91. The van der Waals surface area contributed by atoms with E-state index in [1.807, 2.05) is 86.2 Å². The molecule has 0 fully saturated rings. The van der Waals surface area contributed by atoms with E-state index in [4.69, 9.17) is 45.0 Å². The van der Waals surface area contributed by atoms with Crippen LogP contribution in [0.25, 0.3) is 11.1 Å². The minimum Gasteiger partial charge on any atom is -0.493 e. The molecule has 542 valence electrons. The molecule has 8 aromatic rings. The van der Waals surface area contributed by atoms with E-state index >= 15 is 0 Å². The van der Waals surface area contributed by atoms with Gasteiger partial charge in [0.1, 0.15) is 40.8 Å². The lowest BCUT2D eigenvalue weighted by Gasteiger charge is -2.27. The first-order valence-electron chi connectivity index (χ1n) is 32.5. The number of ketones is 1. The van der Waals surface area contributed by atoms with E-state index in [1.165, 1.54) is 60.9 Å². The highest BCUT2D eigenvalue weighted by atomic mass is 35.5. The molecular formula is C71H82ClN11O17S2. The summed E-state index contributed by atoms with van der Waals surface area (Å²) in [6.07, 6.45) is 4.79. The predicted octanol–water partition coefficient (Wildman–Crippen LogP) is 9.51. The highest BCUT2D eigenvalue weighted by Gasteiger charge is 2.45. The number of esters is 2. The van der Waals surface area contributed by atoms with Crippen molar-refractivity contribution >= 4 is 72.6 Å². The standard InChI is InChI=1S/C23H32N2O4.C18H17NO3.C16H17N3O5S.C14H16ClN5O5S/c1-7-16-13-15(3)14-17(8-2)18(16)19-20(26)24-9-11-28-12-10-25(24)21(19)29-22(27)23(4,5)6;1-2-21-17(20)16-13-18(22-19-16,14-9-5-3-6-10-14)15-11-7-4-8-12-15;1-9-10(15(20)11-8-17-19(2)16(11)21)4-5-13(25(3,22)23)14(9)12-6-7-24-18-12;1-9-16-12(19-14(17-9)24-2)18-13(21)20-26(22,23)11-6-4-3-5-10(11)25-8-7-15/h13-14H,7-12H2,1-6H3;3-12H,2,13H2,1H3;4-5,8,21H,6-7H2,1-3H3;3-6H,7-8H2,1-2H3,(H2,16,17,18,19,20,21). The summed E-state index contributed by atoms with van der Waals surface area (Å²) in [4.78, 5) is 85.3. The monoisotopic (exact) mass is 1460 g/mol. The number of alkyl halides is 1. The van der Waals surface area contributed by atoms with E-state index in [9.17, 15) is 45.9 Å². The van der Waals surface area contributed by atoms with Crippen molar-refractivity contribution < 1.29 is 74.5 Å². The number of urea groups is 1. The van der Waals surface area contributed by atoms with Gasteiger partial charge in [-0.05, 0) is 108 Å². The number of carbonyl (C=O) groups excluding carboxylic acids is 4. The lowest BCUT2D eigenvalue weighted by Crippen LogP contribution is -2.35. The summed E-state index contributed by atoms with van der Waals surface area (Å²) in [5.74, 6) is -0.737. The molecule has 28 nitrogen and oxygen atoms in total. The first-order chi connectivity index (χ1) is 48.5. The summed E-state index contributed by atoms with van der Waals surface area (Å²) in [6, 6.07) is 31.5. The number of hydrogen-bond donors (Lipinski definition) is 3. The average Bonchev–Trinajstić information content (AvgIpc) is 1.39. The molecule has 0 radical (unpaired) electrons. The van der Waals surface area contributed by atoms with Crippen LogP contribution in [-0.4, -0.2) is 143 Å². The second-order valence-electron chi connectivity index (χ2n) is 24.3. The SMILES string of the molecule is CCOC(=O)C1=NOC(c2ccccc2)(c2ccccc2)C1.CCc1cc(C)cc(CC)c1-c1c(OC(=O)C(C)(C)C)n2n(c1=O)CCOCC2.COc1nc(C)nc(NC(=O)NS(=O)(=O)c2ccccc2OCCCl)n1.Cc1c(C(=O)c2cnn(C)c2O)ccc(S(C)(=O)=O)c1C1=NOCC1. The Morgan fingerprint density at radius 1 is 0.765 bits per heavy atom. The Bertz CT molecular complexity index is 4680. The van der Waals surface area contributed by atoms with Crippen LogP contribution in [0.2, 0.25) is 0 Å². The number of amides is 2. The lowest BCUT2D eigenvalue weighted by atomic mass is 9.82. The molecule has 2 amide bonds. The summed E-state index contributed by atoms with van der Waals surface area (Å²) in [5.41, 5.74) is 7.12. The average molecular weight is 1460 g/mol. The second kappa shape index (κ2) is 33.9. The maximum absolute atomic E-state index is 13.5. The number of hydrogen-bond acceptors (Lipinski definition) is 23. The van der Waals surface area contributed by atoms with Crippen molar-refractivity contribution in [3.63, 3.8) is 0 Å². The number of halogens is 1. The van der Waals surface area contributed by atoms with Gasteiger partial charge in [0.2, 0.25) is 17.7 Å². The van der Waals surface area contributed by atoms with Gasteiger partial charge in [-0.15, -0.1) is 11.6 Å². The second-order valence-corrected chi connectivity index (χ2v) is 28.3. The number of sulfone groups is 1. The van der Waals surface area contributed by atoms with Crippen molar-refractivity contribution in [2.45, 2.75) is 116 Å². The van der Waals surface area contributed by atoms with E-state index < -0.39 is 48.7 Å². The van der Waals surface area contributed by atoms with Gasteiger partial charge in [-0.3, -0.25) is 19.7 Å². The fourth-order valence-corrected chi connectivity index (χ4v) is 13.2. The molecule has 0 saturated heterocycles. The van der Waals surface area contributed by atoms with Crippen LogP contribution < -0.4 is 29.8 Å². The van der Waals surface area contributed by atoms with Crippen LogP contribution in [0.3, 0.4) is 0 Å². The van der Waals surface area contributed by atoms with Crippen molar-refractivity contribution in [3.05, 3.63) is 182 Å². The zero-order valence-electron chi connectivity index (χ0n) is 58.7. The smallest absolute Gasteiger partial charge is 0.356 e. The van der Waals surface area contributed by atoms with Gasteiger partial charge in [0.05, 0.1) is 74.5 Å². The molecule has 11 rings (SSSR count). The number of nitrogens with one attached hydrogen (secondary N) is 2. The van der Waals surface area contributed by atoms with E-state index in [-0.39, 0.29) is 74.3 Å². The fraction of sp³-hybridized carbons (Fsp3) is 0.366. The molecule has 3 aromatic heterocycles. The van der Waals surface area contributed by atoms with Gasteiger partial charge in [-0.1, -0.05) is 115 Å². The van der Waals surface area contributed by atoms with Crippen molar-refractivity contribution in [2.75, 3.05) is 57.6 Å². The molecule has 3 N–H and O–H groups in total. The molecule has 0 unspecified atom stereocenters. The lowest BCUT2D eigenvalue weighted by molar-refractivity contribution is -0.143. The Morgan fingerprint density at radius 2 is 1.39 bits per heavy atom. The summed E-state index contributed by atoms with van der Waals surface area (Å²) in [6.45, 7) is 19.3. The summed E-state index contributed by atoms with van der Waals surface area (Å²) < 4.78 is 82.3. The molecule has 5 aromatic carbocycles. The molecule has 102 heavy (non-hydrogen) atoms. The number of para-hydroxylation sites is 1. The Balaban J connectivity index is 0.000000173. The minimum atomic E-state index is -4.20. The Kier molecular flexibility index (Phi) is 25.7. The van der Waals surface area contributed by atoms with Crippen LogP contribution in [-0.2, 0) is 87.2 Å². The first kappa shape index (κ1) is 77.4. The normalized spacial score (nSPS) is 13.8. The van der Waals surface area contributed by atoms with E-state index in [1.54, 1.807) is 36.2 Å². The third kappa shape index (κ3) is 18.2. The van der Waals surface area contributed by atoms with Crippen LogP contribution >= 0.6 is 11.6 Å². The fourth-order valence-electron chi connectivity index (χ4n) is 11.1. The van der Waals surface area contributed by atoms with Crippen LogP contribution in [0.4, 0.5) is 10.7 Å². The largest absolute Gasteiger partial charge is 0.493 e. The van der Waals surface area contributed by atoms with Gasteiger partial charge < -0.3 is 38.5 Å². The molecule has 0 spiro atoms. The Hall–Kier alpha value is -10.3. The van der Waals surface area contributed by atoms with Crippen molar-refractivity contribution in [3.8, 4) is 34.6 Å². The topological polar surface area (TPSA) is 354 Å². The van der Waals surface area contributed by atoms with Crippen LogP contribution in [0, 0.1) is 26.2 Å². The van der Waals surface area contributed by atoms with Gasteiger partial charge in [-0.2, -0.15) is 20.1 Å².